The van der Waals surface area contributed by atoms with Gasteiger partial charge in [0, 0.05) is 32.0 Å². The normalized spacial score (nSPS) is 17.4. The first kappa shape index (κ1) is 27.9. The number of carbonyl (C=O) groups excluding carboxylic acids is 4. The second-order valence-electron chi connectivity index (χ2n) is 9.47. The molecule has 1 aliphatic rings. The quantitative estimate of drug-likeness (QED) is 0.293. The van der Waals surface area contributed by atoms with E-state index in [2.05, 4.69) is 10.6 Å². The van der Waals surface area contributed by atoms with Crippen LogP contribution in [0, 0.1) is 0 Å². The van der Waals surface area contributed by atoms with Crippen LogP contribution >= 0.6 is 0 Å². The summed E-state index contributed by atoms with van der Waals surface area (Å²) in [7, 11) is 1.26. The van der Waals surface area contributed by atoms with Crippen molar-refractivity contribution in [3.63, 3.8) is 0 Å². The van der Waals surface area contributed by atoms with Crippen LogP contribution < -0.4 is 10.6 Å². The van der Waals surface area contributed by atoms with Crippen LogP contribution in [0.2, 0.25) is 0 Å². The summed E-state index contributed by atoms with van der Waals surface area (Å²) in [4.78, 5) is 50.1. The van der Waals surface area contributed by atoms with Gasteiger partial charge >= 0.3 is 18.2 Å². The van der Waals surface area contributed by atoms with Gasteiger partial charge in [0.05, 0.1) is 7.11 Å². The molecular formula is C25H37N3O7. The zero-order chi connectivity index (χ0) is 25.8. The number of benzene rings is 1. The average molecular weight is 492 g/mol. The molecule has 2 N–H and O–H groups in total. The fraction of sp³-hybridized carbons (Fsp3) is 0.600. The Bertz CT molecular complexity index is 854. The molecule has 1 aliphatic heterocycles. The molecule has 10 nitrogen and oxygen atoms in total. The smallest absolute Gasteiger partial charge is 0.410 e. The monoisotopic (exact) mass is 491 g/mol. The third kappa shape index (κ3) is 10.2. The molecule has 0 bridgehead atoms. The van der Waals surface area contributed by atoms with Crippen LogP contribution in [-0.2, 0) is 30.4 Å². The van der Waals surface area contributed by atoms with Crippen LogP contribution in [0.1, 0.15) is 58.4 Å². The van der Waals surface area contributed by atoms with E-state index in [-0.39, 0.29) is 31.5 Å². The molecule has 1 aromatic rings. The zero-order valence-electron chi connectivity index (χ0n) is 21.0. The first-order chi connectivity index (χ1) is 16.6. The molecule has 194 valence electrons. The molecule has 3 amide bonds. The number of ether oxygens (including phenoxy) is 3. The van der Waals surface area contributed by atoms with Gasteiger partial charge in [-0.15, -0.1) is 0 Å². The fourth-order valence-electron chi connectivity index (χ4n) is 3.70. The Balaban J connectivity index is 1.72. The summed E-state index contributed by atoms with van der Waals surface area (Å²) in [6.45, 7) is 6.13. The number of likely N-dealkylation sites (tertiary alicyclic amines) is 1. The maximum atomic E-state index is 12.6. The van der Waals surface area contributed by atoms with Crippen molar-refractivity contribution in [2.24, 2.45) is 0 Å². The average Bonchev–Trinajstić information content (AvgIpc) is 3.22. The summed E-state index contributed by atoms with van der Waals surface area (Å²) >= 11 is 0. The number of alkyl carbamates (subject to hydrolysis) is 1. The van der Waals surface area contributed by atoms with Gasteiger partial charge in [0.1, 0.15) is 18.2 Å². The van der Waals surface area contributed by atoms with E-state index < -0.39 is 29.8 Å². The van der Waals surface area contributed by atoms with Gasteiger partial charge in [-0.2, -0.15) is 0 Å². The fourth-order valence-corrected chi connectivity index (χ4v) is 3.70. The predicted molar refractivity (Wildman–Crippen MR) is 128 cm³/mol. The van der Waals surface area contributed by atoms with Gasteiger partial charge in [0.25, 0.3) is 0 Å². The molecule has 1 saturated heterocycles. The molecule has 0 radical (unpaired) electrons. The number of nitrogens with zero attached hydrogens (tertiary/aromatic N) is 1. The minimum Gasteiger partial charge on any atom is -0.467 e. The van der Waals surface area contributed by atoms with Crippen molar-refractivity contribution in [3.05, 3.63) is 35.9 Å². The van der Waals surface area contributed by atoms with E-state index >= 15 is 0 Å². The minimum absolute atomic E-state index is 0.0872. The first-order valence-electron chi connectivity index (χ1n) is 11.9. The topological polar surface area (TPSA) is 123 Å². The van der Waals surface area contributed by atoms with Crippen LogP contribution in [0.4, 0.5) is 9.59 Å². The van der Waals surface area contributed by atoms with E-state index in [0.717, 1.165) is 18.4 Å². The van der Waals surface area contributed by atoms with Crippen molar-refractivity contribution in [2.45, 2.75) is 77.2 Å². The number of amides is 3. The minimum atomic E-state index is -0.812. The first-order valence-corrected chi connectivity index (χ1v) is 11.9. The number of unbranched alkanes of at least 4 members (excludes halogenated alkanes) is 2. The third-order valence-corrected chi connectivity index (χ3v) is 5.33. The number of carbonyl (C=O) groups is 4. The highest BCUT2D eigenvalue weighted by atomic mass is 16.6. The highest BCUT2D eigenvalue weighted by Crippen LogP contribution is 2.21. The molecule has 0 aromatic heterocycles. The second-order valence-corrected chi connectivity index (χ2v) is 9.47. The number of esters is 1. The molecule has 0 saturated carbocycles. The number of rotatable bonds is 10. The second kappa shape index (κ2) is 13.6. The van der Waals surface area contributed by atoms with E-state index in [0.29, 0.717) is 19.4 Å². The van der Waals surface area contributed by atoms with Gasteiger partial charge in [-0.05, 0) is 39.2 Å². The summed E-state index contributed by atoms with van der Waals surface area (Å²) < 4.78 is 15.4. The lowest BCUT2D eigenvalue weighted by Crippen LogP contribution is -2.42. The van der Waals surface area contributed by atoms with Crippen LogP contribution in [0.3, 0.4) is 0 Å². The van der Waals surface area contributed by atoms with Gasteiger partial charge in [0.2, 0.25) is 5.91 Å². The molecule has 1 aromatic carbocycles. The summed E-state index contributed by atoms with van der Waals surface area (Å²) in [5.41, 5.74) is 0.296. The molecule has 1 fully saturated rings. The maximum absolute atomic E-state index is 12.6. The lowest BCUT2D eigenvalue weighted by Gasteiger charge is -2.21. The largest absolute Gasteiger partial charge is 0.467 e. The van der Waals surface area contributed by atoms with Gasteiger partial charge in [-0.1, -0.05) is 36.8 Å². The van der Waals surface area contributed by atoms with Crippen molar-refractivity contribution >= 4 is 24.1 Å². The van der Waals surface area contributed by atoms with Crippen LogP contribution in [-0.4, -0.2) is 66.8 Å². The molecule has 0 aliphatic carbocycles. The number of nitrogens with one attached hydrogen (secondary N) is 2. The summed E-state index contributed by atoms with van der Waals surface area (Å²) in [5.74, 6) is -0.700. The number of hydrogen-bond donors (Lipinski definition) is 2. The van der Waals surface area contributed by atoms with E-state index in [1.165, 1.54) is 12.0 Å². The van der Waals surface area contributed by atoms with Crippen LogP contribution in [0.25, 0.3) is 0 Å². The van der Waals surface area contributed by atoms with E-state index in [1.54, 1.807) is 20.8 Å². The van der Waals surface area contributed by atoms with Crippen molar-refractivity contribution in [3.8, 4) is 0 Å². The molecular weight excluding hydrogens is 454 g/mol. The molecule has 2 atom stereocenters. The predicted octanol–water partition coefficient (Wildman–Crippen LogP) is 3.14. The highest BCUT2D eigenvalue weighted by molar-refractivity contribution is 5.83. The number of hydrogen-bond acceptors (Lipinski definition) is 7. The Hall–Kier alpha value is -3.30. The standard InChI is InChI=1S/C25H37N3O7/c1-25(2,3)35-23(31)26-14-10-6-9-13-21(29)27-19-15-20(22(30)33-4)28(16-19)24(32)34-17-18-11-7-5-8-12-18/h5,7-8,11-12,19-20H,6,9-10,13-17H2,1-4H3,(H,26,31)(H,27,29). The van der Waals surface area contributed by atoms with E-state index in [4.69, 9.17) is 14.2 Å². The number of methoxy groups -OCH3 is 1. The van der Waals surface area contributed by atoms with Crippen molar-refractivity contribution in [2.75, 3.05) is 20.2 Å². The van der Waals surface area contributed by atoms with Gasteiger partial charge < -0.3 is 24.8 Å². The summed E-state index contributed by atoms with van der Waals surface area (Å²) in [6, 6.07) is 8.06. The van der Waals surface area contributed by atoms with E-state index in [1.807, 2.05) is 30.3 Å². The van der Waals surface area contributed by atoms with Gasteiger partial charge in [-0.25, -0.2) is 14.4 Å². The lowest BCUT2D eigenvalue weighted by atomic mass is 10.1. The van der Waals surface area contributed by atoms with Gasteiger partial charge in [-0.3, -0.25) is 9.69 Å². The third-order valence-electron chi connectivity index (χ3n) is 5.33. The van der Waals surface area contributed by atoms with Crippen molar-refractivity contribution < 1.29 is 33.4 Å². The molecule has 2 rings (SSSR count). The Labute approximate surface area is 206 Å². The van der Waals surface area contributed by atoms with Crippen LogP contribution in [0.5, 0.6) is 0 Å². The maximum Gasteiger partial charge on any atom is 0.410 e. The zero-order valence-corrected chi connectivity index (χ0v) is 21.0. The molecule has 2 unspecified atom stereocenters. The Morgan fingerprint density at radius 1 is 1.06 bits per heavy atom. The van der Waals surface area contributed by atoms with Crippen molar-refractivity contribution in [1.82, 2.24) is 15.5 Å². The lowest BCUT2D eigenvalue weighted by molar-refractivity contribution is -0.145. The summed E-state index contributed by atoms with van der Waals surface area (Å²) in [5, 5.41) is 5.58. The molecule has 10 heteroatoms. The summed E-state index contributed by atoms with van der Waals surface area (Å²) in [6.07, 6.45) is 1.63. The van der Waals surface area contributed by atoms with Crippen LogP contribution in [0.15, 0.2) is 30.3 Å². The Kier molecular flexibility index (Phi) is 10.8. The van der Waals surface area contributed by atoms with Gasteiger partial charge in [0.15, 0.2) is 0 Å². The van der Waals surface area contributed by atoms with E-state index in [9.17, 15) is 19.2 Å². The SMILES string of the molecule is COC(=O)C1CC(NC(=O)CCCCCNC(=O)OC(C)(C)C)CN1C(=O)OCc1ccccc1. The van der Waals surface area contributed by atoms with Crippen molar-refractivity contribution in [1.29, 1.82) is 0 Å². The Morgan fingerprint density at radius 3 is 2.43 bits per heavy atom. The Morgan fingerprint density at radius 2 is 1.77 bits per heavy atom. The highest BCUT2D eigenvalue weighted by Gasteiger charge is 2.41. The molecule has 1 heterocycles. The molecule has 35 heavy (non-hydrogen) atoms. The molecule has 0 spiro atoms.